The van der Waals surface area contributed by atoms with Crippen LogP contribution in [0.3, 0.4) is 0 Å². The fourth-order valence-corrected chi connectivity index (χ4v) is 2.32. The highest BCUT2D eigenvalue weighted by atomic mass is 35.5. The Kier molecular flexibility index (Phi) is 4.64. The van der Waals surface area contributed by atoms with Crippen molar-refractivity contribution in [3.63, 3.8) is 0 Å². The lowest BCUT2D eigenvalue weighted by atomic mass is 10.1. The number of nitrogens with zero attached hydrogens (tertiary/aromatic N) is 1. The van der Waals surface area contributed by atoms with Crippen molar-refractivity contribution < 1.29 is 5.11 Å². The van der Waals surface area contributed by atoms with E-state index in [1.54, 1.807) is 12.3 Å². The van der Waals surface area contributed by atoms with Gasteiger partial charge in [0.1, 0.15) is 5.75 Å². The second-order valence-corrected chi connectivity index (χ2v) is 5.14. The molecule has 0 saturated heterocycles. The number of hydrogen-bond donors (Lipinski definition) is 2. The van der Waals surface area contributed by atoms with E-state index >= 15 is 0 Å². The molecule has 0 atom stereocenters. The Hall–Kier alpha value is -1.29. The second kappa shape index (κ2) is 6.24. The Balaban J connectivity index is 2.02. The number of phenols is 1. The average Bonchev–Trinajstić information content (AvgIpc) is 2.37. The summed E-state index contributed by atoms with van der Waals surface area (Å²) in [5.41, 5.74) is 2.98. The number of phenolic OH excluding ortho intramolecular Hbond substituents is 1. The normalized spacial score (nSPS) is 10.7. The van der Waals surface area contributed by atoms with Gasteiger partial charge in [0.05, 0.1) is 5.02 Å². The molecule has 1 aromatic carbocycles. The van der Waals surface area contributed by atoms with Crippen LogP contribution in [0.2, 0.25) is 10.0 Å². The van der Waals surface area contributed by atoms with E-state index < -0.39 is 0 Å². The SMILES string of the molecule is Cc1cnccc1CNCc1cc(Cl)cc(Cl)c1O. The second-order valence-electron chi connectivity index (χ2n) is 4.30. The number of halogens is 2. The predicted octanol–water partition coefficient (Wildman–Crippen LogP) is 3.69. The van der Waals surface area contributed by atoms with Crippen molar-refractivity contribution in [1.82, 2.24) is 10.3 Å². The van der Waals surface area contributed by atoms with Gasteiger partial charge in [-0.1, -0.05) is 23.2 Å². The average molecular weight is 297 g/mol. The number of rotatable bonds is 4. The zero-order valence-electron chi connectivity index (χ0n) is 10.5. The number of aromatic nitrogens is 1. The first-order valence-electron chi connectivity index (χ1n) is 5.85. The zero-order chi connectivity index (χ0) is 13.8. The third-order valence-electron chi connectivity index (χ3n) is 2.87. The van der Waals surface area contributed by atoms with Crippen molar-refractivity contribution in [1.29, 1.82) is 0 Å². The maximum Gasteiger partial charge on any atom is 0.138 e. The first kappa shape index (κ1) is 14.1. The highest BCUT2D eigenvalue weighted by molar-refractivity contribution is 6.35. The Morgan fingerprint density at radius 2 is 1.95 bits per heavy atom. The molecule has 1 heterocycles. The summed E-state index contributed by atoms with van der Waals surface area (Å²) in [6.07, 6.45) is 3.59. The van der Waals surface area contributed by atoms with Crippen LogP contribution in [0.5, 0.6) is 5.75 Å². The van der Waals surface area contributed by atoms with Crippen molar-refractivity contribution in [3.8, 4) is 5.75 Å². The van der Waals surface area contributed by atoms with E-state index in [0.29, 0.717) is 23.7 Å². The van der Waals surface area contributed by atoms with Gasteiger partial charge in [-0.2, -0.15) is 0 Å². The van der Waals surface area contributed by atoms with E-state index in [4.69, 9.17) is 23.2 Å². The van der Waals surface area contributed by atoms with Crippen LogP contribution in [0.4, 0.5) is 0 Å². The summed E-state index contributed by atoms with van der Waals surface area (Å²) in [5, 5.41) is 13.9. The van der Waals surface area contributed by atoms with Crippen LogP contribution in [-0.4, -0.2) is 10.1 Å². The highest BCUT2D eigenvalue weighted by Crippen LogP contribution is 2.31. The van der Waals surface area contributed by atoms with Crippen LogP contribution in [0.25, 0.3) is 0 Å². The minimum Gasteiger partial charge on any atom is -0.506 e. The quantitative estimate of drug-likeness (QED) is 0.904. The van der Waals surface area contributed by atoms with Crippen LogP contribution >= 0.6 is 23.2 Å². The van der Waals surface area contributed by atoms with Gasteiger partial charge in [-0.05, 0) is 36.2 Å². The van der Waals surface area contributed by atoms with Gasteiger partial charge < -0.3 is 10.4 Å². The lowest BCUT2D eigenvalue weighted by Gasteiger charge is -2.10. The Morgan fingerprint density at radius 3 is 2.68 bits per heavy atom. The number of aryl methyl sites for hydroxylation is 1. The fourth-order valence-electron chi connectivity index (χ4n) is 1.79. The van der Waals surface area contributed by atoms with Gasteiger partial charge in [0.15, 0.2) is 0 Å². The van der Waals surface area contributed by atoms with Crippen LogP contribution in [0, 0.1) is 6.92 Å². The van der Waals surface area contributed by atoms with E-state index in [1.165, 1.54) is 11.6 Å². The molecule has 0 radical (unpaired) electrons. The van der Waals surface area contributed by atoms with Gasteiger partial charge in [-0.3, -0.25) is 4.98 Å². The van der Waals surface area contributed by atoms with E-state index in [2.05, 4.69) is 10.3 Å². The van der Waals surface area contributed by atoms with E-state index in [0.717, 1.165) is 5.56 Å². The lowest BCUT2D eigenvalue weighted by Crippen LogP contribution is -2.13. The highest BCUT2D eigenvalue weighted by Gasteiger charge is 2.07. The molecule has 19 heavy (non-hydrogen) atoms. The molecule has 0 unspecified atom stereocenters. The third-order valence-corrected chi connectivity index (χ3v) is 3.38. The molecule has 0 spiro atoms. The molecule has 0 fully saturated rings. The number of nitrogens with one attached hydrogen (secondary N) is 1. The molecular formula is C14H14Cl2N2O. The Morgan fingerprint density at radius 1 is 1.21 bits per heavy atom. The van der Waals surface area contributed by atoms with Gasteiger partial charge in [0.25, 0.3) is 0 Å². The van der Waals surface area contributed by atoms with Gasteiger partial charge in [-0.15, -0.1) is 0 Å². The standard InChI is InChI=1S/C14H14Cl2N2O/c1-9-6-17-3-2-10(9)7-18-8-11-4-12(15)5-13(16)14(11)19/h2-6,18-19H,7-8H2,1H3. The smallest absolute Gasteiger partial charge is 0.138 e. The van der Waals surface area contributed by atoms with Crippen LogP contribution in [0.15, 0.2) is 30.6 Å². The van der Waals surface area contributed by atoms with Gasteiger partial charge in [0, 0.05) is 36.1 Å². The number of pyridine rings is 1. The largest absolute Gasteiger partial charge is 0.506 e. The van der Waals surface area contributed by atoms with Gasteiger partial charge >= 0.3 is 0 Å². The van der Waals surface area contributed by atoms with Crippen LogP contribution < -0.4 is 5.32 Å². The van der Waals surface area contributed by atoms with Crippen LogP contribution in [-0.2, 0) is 13.1 Å². The maximum atomic E-state index is 9.83. The van der Waals surface area contributed by atoms with Crippen LogP contribution in [0.1, 0.15) is 16.7 Å². The maximum absolute atomic E-state index is 9.83. The molecule has 0 aliphatic carbocycles. The lowest BCUT2D eigenvalue weighted by molar-refractivity contribution is 0.464. The van der Waals surface area contributed by atoms with Crippen molar-refractivity contribution in [2.45, 2.75) is 20.0 Å². The first-order valence-corrected chi connectivity index (χ1v) is 6.60. The molecule has 5 heteroatoms. The molecule has 3 nitrogen and oxygen atoms in total. The summed E-state index contributed by atoms with van der Waals surface area (Å²) in [5.74, 6) is 0.0741. The topological polar surface area (TPSA) is 45.2 Å². The van der Waals surface area contributed by atoms with E-state index in [1.807, 2.05) is 19.2 Å². The van der Waals surface area contributed by atoms with Crippen molar-refractivity contribution in [2.24, 2.45) is 0 Å². The Bertz CT molecular complexity index is 588. The zero-order valence-corrected chi connectivity index (χ0v) is 12.0. The van der Waals surface area contributed by atoms with Crippen molar-refractivity contribution in [3.05, 3.63) is 57.3 Å². The molecular weight excluding hydrogens is 283 g/mol. The van der Waals surface area contributed by atoms with E-state index in [-0.39, 0.29) is 10.8 Å². The third kappa shape index (κ3) is 3.60. The van der Waals surface area contributed by atoms with Gasteiger partial charge in [-0.25, -0.2) is 0 Å². The summed E-state index contributed by atoms with van der Waals surface area (Å²) >= 11 is 11.8. The van der Waals surface area contributed by atoms with Crippen molar-refractivity contribution >= 4 is 23.2 Å². The molecule has 1 aromatic heterocycles. The molecule has 2 aromatic rings. The fraction of sp³-hybridized carbons (Fsp3) is 0.214. The molecule has 0 saturated carbocycles. The monoisotopic (exact) mass is 296 g/mol. The molecule has 0 bridgehead atoms. The summed E-state index contributed by atoms with van der Waals surface area (Å²) in [7, 11) is 0. The summed E-state index contributed by atoms with van der Waals surface area (Å²) in [4.78, 5) is 4.05. The summed E-state index contributed by atoms with van der Waals surface area (Å²) < 4.78 is 0. The molecule has 0 amide bonds. The van der Waals surface area contributed by atoms with Gasteiger partial charge in [0.2, 0.25) is 0 Å². The number of benzene rings is 1. The summed E-state index contributed by atoms with van der Waals surface area (Å²) in [6, 6.07) is 5.19. The molecule has 2 rings (SSSR count). The minimum atomic E-state index is 0.0741. The van der Waals surface area contributed by atoms with E-state index in [9.17, 15) is 5.11 Å². The predicted molar refractivity (Wildman–Crippen MR) is 77.6 cm³/mol. The van der Waals surface area contributed by atoms with Crippen molar-refractivity contribution in [2.75, 3.05) is 0 Å². The molecule has 0 aliphatic rings. The molecule has 100 valence electrons. The minimum absolute atomic E-state index is 0.0741. The summed E-state index contributed by atoms with van der Waals surface area (Å²) in [6.45, 7) is 3.20. The number of hydrogen-bond acceptors (Lipinski definition) is 3. The number of aromatic hydroxyl groups is 1. The first-order chi connectivity index (χ1) is 9.08. The molecule has 0 aliphatic heterocycles. The molecule has 2 N–H and O–H groups in total. The Labute approximate surface area is 122 Å².